The third kappa shape index (κ3) is 2.50. The van der Waals surface area contributed by atoms with E-state index in [1.54, 1.807) is 24.3 Å². The molecule has 0 saturated heterocycles. The topological polar surface area (TPSA) is 74.2 Å². The van der Waals surface area contributed by atoms with Crippen molar-refractivity contribution in [2.75, 3.05) is 5.73 Å². The quantitative estimate of drug-likeness (QED) is 0.793. The van der Waals surface area contributed by atoms with Gasteiger partial charge in [-0.15, -0.1) is 0 Å². The van der Waals surface area contributed by atoms with Crippen LogP contribution in [-0.4, -0.2) is 10.1 Å². The van der Waals surface area contributed by atoms with Crippen LogP contribution < -0.4 is 10.5 Å². The number of hydrogen-bond donors (Lipinski definition) is 1. The van der Waals surface area contributed by atoms with Crippen molar-refractivity contribution < 1.29 is 9.26 Å². The van der Waals surface area contributed by atoms with Gasteiger partial charge in [0.25, 0.3) is 0 Å². The Morgan fingerprint density at radius 1 is 1.31 bits per heavy atom. The molecule has 0 aliphatic rings. The molecule has 0 atom stereocenters. The second-order valence-electron chi connectivity index (χ2n) is 3.32. The van der Waals surface area contributed by atoms with E-state index in [0.29, 0.717) is 24.0 Å². The normalized spacial score (nSPS) is 10.3. The van der Waals surface area contributed by atoms with Gasteiger partial charge in [-0.2, -0.15) is 4.98 Å². The Bertz CT molecular complexity index is 451. The molecule has 0 bridgehead atoms. The molecule has 0 saturated carbocycles. The summed E-state index contributed by atoms with van der Waals surface area (Å²) in [5.74, 6) is 1.90. The Labute approximate surface area is 93.2 Å². The zero-order valence-electron chi connectivity index (χ0n) is 9.01. The van der Waals surface area contributed by atoms with Crippen LogP contribution in [0, 0.1) is 0 Å². The predicted molar refractivity (Wildman–Crippen MR) is 58.9 cm³/mol. The maximum atomic E-state index is 5.56. The largest absolute Gasteiger partial charge is 0.485 e. The van der Waals surface area contributed by atoms with Crippen molar-refractivity contribution in [1.82, 2.24) is 10.1 Å². The minimum atomic E-state index is 0.299. The summed E-state index contributed by atoms with van der Waals surface area (Å²) >= 11 is 0. The van der Waals surface area contributed by atoms with Gasteiger partial charge >= 0.3 is 0 Å². The highest BCUT2D eigenvalue weighted by Crippen LogP contribution is 2.14. The Hall–Kier alpha value is -2.04. The van der Waals surface area contributed by atoms with Gasteiger partial charge in [-0.1, -0.05) is 12.1 Å². The number of rotatable bonds is 4. The minimum Gasteiger partial charge on any atom is -0.485 e. The number of aryl methyl sites for hydroxylation is 1. The monoisotopic (exact) mass is 219 g/mol. The van der Waals surface area contributed by atoms with Gasteiger partial charge in [0, 0.05) is 12.1 Å². The molecule has 0 radical (unpaired) electrons. The van der Waals surface area contributed by atoms with Crippen LogP contribution in [0.2, 0.25) is 0 Å². The second kappa shape index (κ2) is 4.65. The van der Waals surface area contributed by atoms with Crippen molar-refractivity contribution in [1.29, 1.82) is 0 Å². The molecule has 0 unspecified atom stereocenters. The van der Waals surface area contributed by atoms with Crippen LogP contribution in [0.4, 0.5) is 5.69 Å². The first-order valence-electron chi connectivity index (χ1n) is 5.07. The van der Waals surface area contributed by atoms with Crippen LogP contribution in [0.15, 0.2) is 28.8 Å². The molecule has 1 aromatic carbocycles. The fraction of sp³-hybridized carbons (Fsp3) is 0.273. The smallest absolute Gasteiger partial charge is 0.226 e. The molecule has 0 amide bonds. The number of benzene rings is 1. The Morgan fingerprint density at radius 3 is 2.69 bits per heavy atom. The second-order valence-corrected chi connectivity index (χ2v) is 3.32. The van der Waals surface area contributed by atoms with Crippen LogP contribution in [0.25, 0.3) is 0 Å². The first-order valence-corrected chi connectivity index (χ1v) is 5.07. The molecule has 2 rings (SSSR count). The van der Waals surface area contributed by atoms with E-state index < -0.39 is 0 Å². The lowest BCUT2D eigenvalue weighted by molar-refractivity contribution is 0.285. The summed E-state index contributed by atoms with van der Waals surface area (Å²) in [6.45, 7) is 2.26. The van der Waals surface area contributed by atoms with Crippen molar-refractivity contribution >= 4 is 5.69 Å². The summed E-state index contributed by atoms with van der Waals surface area (Å²) < 4.78 is 10.4. The summed E-state index contributed by atoms with van der Waals surface area (Å²) in [6.07, 6.45) is 0.731. The highest BCUT2D eigenvalue weighted by molar-refractivity contribution is 5.41. The lowest BCUT2D eigenvalue weighted by Gasteiger charge is -2.02. The van der Waals surface area contributed by atoms with Gasteiger partial charge in [0.2, 0.25) is 11.7 Å². The lowest BCUT2D eigenvalue weighted by atomic mass is 10.3. The minimum absolute atomic E-state index is 0.299. The predicted octanol–water partition coefficient (Wildman–Crippen LogP) is 1.79. The molecule has 2 aromatic rings. The Kier molecular flexibility index (Phi) is 3.05. The molecule has 84 valence electrons. The van der Waals surface area contributed by atoms with Gasteiger partial charge in [-0.05, 0) is 24.3 Å². The molecule has 1 aromatic heterocycles. The van der Waals surface area contributed by atoms with Gasteiger partial charge in [0.05, 0.1) is 0 Å². The van der Waals surface area contributed by atoms with Crippen molar-refractivity contribution in [2.24, 2.45) is 0 Å². The van der Waals surface area contributed by atoms with E-state index >= 15 is 0 Å². The van der Waals surface area contributed by atoms with Crippen LogP contribution in [0.1, 0.15) is 18.6 Å². The average Bonchev–Trinajstić information content (AvgIpc) is 2.76. The third-order valence-corrected chi connectivity index (χ3v) is 2.06. The summed E-state index contributed by atoms with van der Waals surface area (Å²) in [5.41, 5.74) is 6.27. The van der Waals surface area contributed by atoms with E-state index in [2.05, 4.69) is 10.1 Å². The molecule has 0 spiro atoms. The lowest BCUT2D eigenvalue weighted by Crippen LogP contribution is -1.97. The van der Waals surface area contributed by atoms with Gasteiger partial charge < -0.3 is 15.0 Å². The summed E-state index contributed by atoms with van der Waals surface area (Å²) in [6, 6.07) is 7.17. The summed E-state index contributed by atoms with van der Waals surface area (Å²) in [5, 5.41) is 3.78. The van der Waals surface area contributed by atoms with Crippen LogP contribution >= 0.6 is 0 Å². The van der Waals surface area contributed by atoms with Gasteiger partial charge in [-0.25, -0.2) is 0 Å². The van der Waals surface area contributed by atoms with E-state index in [-0.39, 0.29) is 0 Å². The number of anilines is 1. The van der Waals surface area contributed by atoms with Crippen molar-refractivity contribution in [3.8, 4) is 5.75 Å². The number of aromatic nitrogens is 2. The third-order valence-electron chi connectivity index (χ3n) is 2.06. The molecule has 0 aliphatic heterocycles. The van der Waals surface area contributed by atoms with Crippen LogP contribution in [0.3, 0.4) is 0 Å². The fourth-order valence-corrected chi connectivity index (χ4v) is 1.20. The van der Waals surface area contributed by atoms with E-state index in [0.717, 1.165) is 12.2 Å². The highest BCUT2D eigenvalue weighted by atomic mass is 16.5. The maximum Gasteiger partial charge on any atom is 0.226 e. The fourth-order valence-electron chi connectivity index (χ4n) is 1.20. The van der Waals surface area contributed by atoms with Gasteiger partial charge in [0.15, 0.2) is 6.61 Å². The molecule has 5 heteroatoms. The zero-order valence-corrected chi connectivity index (χ0v) is 9.01. The molecule has 16 heavy (non-hydrogen) atoms. The maximum absolute atomic E-state index is 5.56. The Balaban J connectivity index is 1.94. The Morgan fingerprint density at radius 2 is 2.06 bits per heavy atom. The molecule has 2 N–H and O–H groups in total. The van der Waals surface area contributed by atoms with E-state index in [1.807, 2.05) is 6.92 Å². The zero-order chi connectivity index (χ0) is 11.4. The molecular formula is C11H13N3O2. The molecule has 0 aliphatic carbocycles. The number of nitrogens with zero attached hydrogens (tertiary/aromatic N) is 2. The molecule has 5 nitrogen and oxygen atoms in total. The molecule has 1 heterocycles. The first-order chi connectivity index (χ1) is 7.78. The number of nitrogen functional groups attached to an aromatic ring is 1. The average molecular weight is 219 g/mol. The number of nitrogens with two attached hydrogens (primary N) is 1. The van der Waals surface area contributed by atoms with E-state index in [1.165, 1.54) is 0 Å². The standard InChI is InChI=1S/C11H13N3O2/c1-2-11-13-10(14-16-11)7-15-9-5-3-8(12)4-6-9/h3-6H,2,7,12H2,1H3. The summed E-state index contributed by atoms with van der Waals surface area (Å²) in [4.78, 5) is 4.13. The van der Waals surface area contributed by atoms with Crippen molar-refractivity contribution in [3.05, 3.63) is 36.0 Å². The van der Waals surface area contributed by atoms with Crippen LogP contribution in [0.5, 0.6) is 5.75 Å². The highest BCUT2D eigenvalue weighted by Gasteiger charge is 2.04. The molecular weight excluding hydrogens is 206 g/mol. The molecule has 0 fully saturated rings. The SMILES string of the molecule is CCc1nc(COc2ccc(N)cc2)no1. The summed E-state index contributed by atoms with van der Waals surface area (Å²) in [7, 11) is 0. The van der Waals surface area contributed by atoms with Crippen LogP contribution in [-0.2, 0) is 13.0 Å². The van der Waals surface area contributed by atoms with E-state index in [4.69, 9.17) is 15.0 Å². The number of hydrogen-bond acceptors (Lipinski definition) is 5. The van der Waals surface area contributed by atoms with Gasteiger partial charge in [-0.3, -0.25) is 0 Å². The first kappa shape index (κ1) is 10.5. The van der Waals surface area contributed by atoms with Crippen molar-refractivity contribution in [3.63, 3.8) is 0 Å². The number of ether oxygens (including phenoxy) is 1. The van der Waals surface area contributed by atoms with E-state index in [9.17, 15) is 0 Å². The van der Waals surface area contributed by atoms with Gasteiger partial charge in [0.1, 0.15) is 5.75 Å². The van der Waals surface area contributed by atoms with Crippen molar-refractivity contribution in [2.45, 2.75) is 20.0 Å².